The van der Waals surface area contributed by atoms with Crippen LogP contribution in [0.3, 0.4) is 0 Å². The van der Waals surface area contributed by atoms with E-state index in [1.54, 1.807) is 24.3 Å². The lowest BCUT2D eigenvalue weighted by Gasteiger charge is -2.21. The normalized spacial score (nSPS) is 13.5. The van der Waals surface area contributed by atoms with Gasteiger partial charge in [-0.3, -0.25) is 9.59 Å². The first kappa shape index (κ1) is 26.1. The van der Waals surface area contributed by atoms with Crippen molar-refractivity contribution < 1.29 is 9.59 Å². The van der Waals surface area contributed by atoms with Crippen LogP contribution in [0, 0.1) is 0 Å². The average molecular weight is 539 g/mol. The number of amides is 1. The van der Waals surface area contributed by atoms with Crippen LogP contribution in [0.1, 0.15) is 28.7 Å². The highest BCUT2D eigenvalue weighted by Crippen LogP contribution is 2.27. The van der Waals surface area contributed by atoms with Crippen LogP contribution >= 0.6 is 11.6 Å². The number of rotatable bonds is 9. The van der Waals surface area contributed by atoms with Crippen molar-refractivity contribution >= 4 is 35.1 Å². The predicted octanol–water partition coefficient (Wildman–Crippen LogP) is 4.74. The molecule has 0 unspecified atom stereocenters. The molecule has 5 rings (SSSR count). The first-order valence-corrected chi connectivity index (χ1v) is 13.0. The highest BCUT2D eigenvalue weighted by Gasteiger charge is 2.22. The summed E-state index contributed by atoms with van der Waals surface area (Å²) in [5, 5.41) is 18.0. The number of benzene rings is 3. The van der Waals surface area contributed by atoms with Crippen LogP contribution in [-0.4, -0.2) is 37.9 Å². The van der Waals surface area contributed by atoms with Gasteiger partial charge in [0.25, 0.3) is 0 Å². The van der Waals surface area contributed by atoms with Crippen LogP contribution in [0.2, 0.25) is 5.02 Å². The number of ketones is 1. The third-order valence-electron chi connectivity index (χ3n) is 6.54. The van der Waals surface area contributed by atoms with Gasteiger partial charge in [0.05, 0.1) is 11.7 Å². The summed E-state index contributed by atoms with van der Waals surface area (Å²) < 4.78 is 1.49. The first-order chi connectivity index (χ1) is 18.9. The molecule has 0 fully saturated rings. The Kier molecular flexibility index (Phi) is 7.94. The Hall–Kier alpha value is -4.56. The second kappa shape index (κ2) is 11.9. The van der Waals surface area contributed by atoms with Gasteiger partial charge in [-0.1, -0.05) is 60.6 Å². The number of hydrogen-bond donors (Lipinski definition) is 2. The molecule has 0 bridgehead atoms. The number of hydrogen-bond acceptors (Lipinski definition) is 6. The zero-order valence-corrected chi connectivity index (χ0v) is 21.9. The minimum atomic E-state index is -0.697. The zero-order valence-electron chi connectivity index (χ0n) is 21.2. The molecule has 2 heterocycles. The molecule has 1 atom stereocenters. The number of aromatic nitrogens is 4. The fourth-order valence-corrected chi connectivity index (χ4v) is 4.75. The molecule has 39 heavy (non-hydrogen) atoms. The van der Waals surface area contributed by atoms with Gasteiger partial charge in [0, 0.05) is 34.5 Å². The Bertz CT molecular complexity index is 1530. The van der Waals surface area contributed by atoms with E-state index in [9.17, 15) is 9.59 Å². The number of allylic oxidation sites excluding steroid dienone is 1. The Labute approximate surface area is 231 Å². The summed E-state index contributed by atoms with van der Waals surface area (Å²) in [5.74, 6) is -0.453. The van der Waals surface area contributed by atoms with Gasteiger partial charge in [-0.25, -0.2) is 0 Å². The minimum Gasteiger partial charge on any atom is -0.359 e. The number of aryl methyl sites for hydroxylation is 1. The van der Waals surface area contributed by atoms with E-state index in [2.05, 4.69) is 38.8 Å². The summed E-state index contributed by atoms with van der Waals surface area (Å²) >= 11 is 6.19. The van der Waals surface area contributed by atoms with Gasteiger partial charge >= 0.3 is 0 Å². The third kappa shape index (κ3) is 6.66. The zero-order chi connectivity index (χ0) is 27.2. The fourth-order valence-electron chi connectivity index (χ4n) is 4.57. The number of Topliss-reactive ketones (excluding diaryl/α,β-unsaturated/α-hetero) is 1. The second-order valence-corrected chi connectivity index (χ2v) is 9.84. The SMILES string of the molecule is C=C1CCc2cc(CC(=O)[C@H](Cc3ccccc3)NC(=O)/C=C/c3cc(Cl)ccc3-n3cnnn3)ccc2N1. The van der Waals surface area contributed by atoms with E-state index in [1.807, 2.05) is 42.5 Å². The maximum absolute atomic E-state index is 13.5. The smallest absolute Gasteiger partial charge is 0.244 e. The van der Waals surface area contributed by atoms with Crippen molar-refractivity contribution in [2.75, 3.05) is 5.32 Å². The van der Waals surface area contributed by atoms with Gasteiger partial charge < -0.3 is 10.6 Å². The third-order valence-corrected chi connectivity index (χ3v) is 6.78. The lowest BCUT2D eigenvalue weighted by atomic mass is 9.94. The number of carbonyl (C=O) groups is 2. The largest absolute Gasteiger partial charge is 0.359 e. The molecule has 1 amide bonds. The second-order valence-electron chi connectivity index (χ2n) is 9.40. The number of nitrogens with one attached hydrogen (secondary N) is 2. The Morgan fingerprint density at radius 3 is 2.72 bits per heavy atom. The predicted molar refractivity (Wildman–Crippen MR) is 152 cm³/mol. The average Bonchev–Trinajstić information content (AvgIpc) is 3.47. The molecule has 1 aliphatic heterocycles. The number of nitrogens with zero attached hydrogens (tertiary/aromatic N) is 4. The van der Waals surface area contributed by atoms with Crippen LogP contribution in [0.4, 0.5) is 5.69 Å². The van der Waals surface area contributed by atoms with Gasteiger partial charge in [-0.15, -0.1) is 5.10 Å². The topological polar surface area (TPSA) is 102 Å². The van der Waals surface area contributed by atoms with Crippen LogP contribution < -0.4 is 10.6 Å². The summed E-state index contributed by atoms with van der Waals surface area (Å²) in [6, 6.07) is 20.2. The monoisotopic (exact) mass is 538 g/mol. The van der Waals surface area contributed by atoms with Crippen LogP contribution in [0.25, 0.3) is 11.8 Å². The van der Waals surface area contributed by atoms with Crippen molar-refractivity contribution in [2.45, 2.75) is 31.7 Å². The molecule has 0 spiro atoms. The molecule has 9 heteroatoms. The van der Waals surface area contributed by atoms with E-state index in [1.165, 1.54) is 22.6 Å². The van der Waals surface area contributed by atoms with E-state index in [4.69, 9.17) is 11.6 Å². The maximum atomic E-state index is 13.5. The molecule has 1 aromatic heterocycles. The highest BCUT2D eigenvalue weighted by atomic mass is 35.5. The van der Waals surface area contributed by atoms with Crippen LogP contribution in [-0.2, 0) is 28.9 Å². The van der Waals surface area contributed by atoms with E-state index in [0.29, 0.717) is 22.7 Å². The lowest BCUT2D eigenvalue weighted by Crippen LogP contribution is -2.42. The number of fused-ring (bicyclic) bond motifs is 1. The van der Waals surface area contributed by atoms with Crippen LogP contribution in [0.5, 0.6) is 0 Å². The molecule has 2 N–H and O–H groups in total. The first-order valence-electron chi connectivity index (χ1n) is 12.6. The number of halogens is 1. The van der Waals surface area contributed by atoms with Crippen molar-refractivity contribution in [1.29, 1.82) is 0 Å². The highest BCUT2D eigenvalue weighted by molar-refractivity contribution is 6.30. The van der Waals surface area contributed by atoms with E-state index >= 15 is 0 Å². The van der Waals surface area contributed by atoms with Gasteiger partial charge in [0.2, 0.25) is 5.91 Å². The van der Waals surface area contributed by atoms with Gasteiger partial charge in [0.1, 0.15) is 6.33 Å². The molecule has 3 aromatic carbocycles. The molecule has 8 nitrogen and oxygen atoms in total. The van der Waals surface area contributed by atoms with E-state index in [-0.39, 0.29) is 18.1 Å². The van der Waals surface area contributed by atoms with Crippen molar-refractivity contribution in [3.63, 3.8) is 0 Å². The minimum absolute atomic E-state index is 0.0640. The molecular weight excluding hydrogens is 512 g/mol. The maximum Gasteiger partial charge on any atom is 0.244 e. The summed E-state index contributed by atoms with van der Waals surface area (Å²) in [5.41, 5.74) is 6.39. The van der Waals surface area contributed by atoms with Crippen molar-refractivity contribution in [1.82, 2.24) is 25.5 Å². The standard InChI is InChI=1S/C30H27ClN6O2/c1-20-7-9-23-15-22(8-12-26(23)33-20)17-29(38)27(16-21-5-3-2-4-6-21)34-30(39)14-10-24-18-25(31)11-13-28(24)37-19-32-35-36-37/h2-6,8,10-15,18-19,27,33H,1,7,9,16-17H2,(H,34,39)/b14-10+/t27-/m0/s1. The molecule has 196 valence electrons. The molecule has 1 aliphatic rings. The molecule has 4 aromatic rings. The fraction of sp³-hybridized carbons (Fsp3) is 0.167. The molecular formula is C30H27ClN6O2. The molecule has 0 aliphatic carbocycles. The Morgan fingerprint density at radius 2 is 1.92 bits per heavy atom. The quantitative estimate of drug-likeness (QED) is 0.298. The number of carbonyl (C=O) groups excluding carboxylic acids is 2. The van der Waals surface area contributed by atoms with Crippen molar-refractivity contribution in [3.05, 3.63) is 119 Å². The van der Waals surface area contributed by atoms with Crippen LogP contribution in [0.15, 0.2) is 91.4 Å². The van der Waals surface area contributed by atoms with E-state index < -0.39 is 6.04 Å². The summed E-state index contributed by atoms with van der Waals surface area (Å²) in [6.07, 6.45) is 6.84. The molecule has 0 saturated carbocycles. The Balaban J connectivity index is 1.33. The lowest BCUT2D eigenvalue weighted by molar-refractivity contribution is -0.125. The summed E-state index contributed by atoms with van der Waals surface area (Å²) in [7, 11) is 0. The van der Waals surface area contributed by atoms with Crippen molar-refractivity contribution in [3.8, 4) is 5.69 Å². The van der Waals surface area contributed by atoms with Gasteiger partial charge in [0.15, 0.2) is 5.78 Å². The molecule has 0 radical (unpaired) electrons. The Morgan fingerprint density at radius 1 is 1.08 bits per heavy atom. The van der Waals surface area contributed by atoms with E-state index in [0.717, 1.165) is 35.4 Å². The van der Waals surface area contributed by atoms with Gasteiger partial charge in [-0.2, -0.15) is 4.68 Å². The van der Waals surface area contributed by atoms with Gasteiger partial charge in [-0.05, 0) is 76.7 Å². The summed E-state index contributed by atoms with van der Waals surface area (Å²) in [6.45, 7) is 4.00. The summed E-state index contributed by atoms with van der Waals surface area (Å²) in [4.78, 5) is 26.5. The number of anilines is 1. The number of tetrazole rings is 1. The van der Waals surface area contributed by atoms with Crippen molar-refractivity contribution in [2.24, 2.45) is 0 Å². The molecule has 0 saturated heterocycles.